The van der Waals surface area contributed by atoms with Gasteiger partial charge >= 0.3 is 0 Å². The molecule has 0 amide bonds. The quantitative estimate of drug-likeness (QED) is 0.781. The number of halogens is 1. The van der Waals surface area contributed by atoms with E-state index in [1.807, 2.05) is 26.1 Å². The summed E-state index contributed by atoms with van der Waals surface area (Å²) in [5, 5.41) is 5.12. The Morgan fingerprint density at radius 2 is 2.21 bits per heavy atom. The summed E-state index contributed by atoms with van der Waals surface area (Å²) in [6.07, 6.45) is 0. The van der Waals surface area contributed by atoms with Crippen LogP contribution in [-0.4, -0.2) is 12.0 Å². The van der Waals surface area contributed by atoms with E-state index in [1.165, 1.54) is 5.56 Å². The monoisotopic (exact) mass is 208 g/mol. The van der Waals surface area contributed by atoms with Gasteiger partial charge in [0.2, 0.25) is 0 Å². The minimum Gasteiger partial charge on any atom is -0.357 e. The molecule has 0 aliphatic carbocycles. The number of aromatic amines is 1. The van der Waals surface area contributed by atoms with Crippen molar-refractivity contribution in [3.05, 3.63) is 34.5 Å². The summed E-state index contributed by atoms with van der Waals surface area (Å²) in [5.41, 5.74) is 3.38. The van der Waals surface area contributed by atoms with Gasteiger partial charge in [-0.1, -0.05) is 23.7 Å². The van der Waals surface area contributed by atoms with Gasteiger partial charge in [-0.25, -0.2) is 0 Å². The van der Waals surface area contributed by atoms with E-state index < -0.39 is 0 Å². The number of fused-ring (bicyclic) bond motifs is 1. The van der Waals surface area contributed by atoms with Gasteiger partial charge in [0, 0.05) is 23.1 Å². The molecule has 0 unspecified atom stereocenters. The fourth-order valence-electron chi connectivity index (χ4n) is 1.75. The van der Waals surface area contributed by atoms with Crippen LogP contribution < -0.4 is 5.32 Å². The van der Waals surface area contributed by atoms with Crippen molar-refractivity contribution < 1.29 is 0 Å². The van der Waals surface area contributed by atoms with Crippen molar-refractivity contribution in [1.82, 2.24) is 10.3 Å². The molecule has 0 radical (unpaired) electrons. The molecule has 0 bridgehead atoms. The van der Waals surface area contributed by atoms with Gasteiger partial charge in [0.25, 0.3) is 0 Å². The molecule has 0 saturated carbocycles. The second-order valence-corrected chi connectivity index (χ2v) is 3.81. The van der Waals surface area contributed by atoms with Gasteiger partial charge in [-0.05, 0) is 25.6 Å². The first-order valence-corrected chi connectivity index (χ1v) is 5.02. The Balaban J connectivity index is 2.71. The van der Waals surface area contributed by atoms with Crippen LogP contribution in [0.15, 0.2) is 18.2 Å². The van der Waals surface area contributed by atoms with Crippen molar-refractivity contribution in [2.24, 2.45) is 0 Å². The molecule has 0 saturated heterocycles. The van der Waals surface area contributed by atoms with Crippen molar-refractivity contribution >= 4 is 22.5 Å². The van der Waals surface area contributed by atoms with Crippen molar-refractivity contribution in [3.63, 3.8) is 0 Å². The zero-order chi connectivity index (χ0) is 10.1. The van der Waals surface area contributed by atoms with E-state index in [1.54, 1.807) is 0 Å². The SMILES string of the molecule is CNCc1cccc2[nH]c(C)c(Cl)c12. The molecule has 2 N–H and O–H groups in total. The fraction of sp³-hybridized carbons (Fsp3) is 0.273. The third kappa shape index (κ3) is 1.41. The highest BCUT2D eigenvalue weighted by Gasteiger charge is 2.09. The fourth-order valence-corrected chi connectivity index (χ4v) is 2.02. The van der Waals surface area contributed by atoms with Crippen molar-refractivity contribution in [1.29, 1.82) is 0 Å². The Kier molecular flexibility index (Phi) is 2.48. The predicted octanol–water partition coefficient (Wildman–Crippen LogP) is 2.85. The topological polar surface area (TPSA) is 27.8 Å². The molecule has 0 spiro atoms. The van der Waals surface area contributed by atoms with Crippen molar-refractivity contribution in [2.45, 2.75) is 13.5 Å². The first kappa shape index (κ1) is 9.56. The molecular weight excluding hydrogens is 196 g/mol. The first-order chi connectivity index (χ1) is 6.74. The number of aryl methyl sites for hydroxylation is 1. The molecule has 2 rings (SSSR count). The summed E-state index contributed by atoms with van der Waals surface area (Å²) in [6.45, 7) is 2.83. The summed E-state index contributed by atoms with van der Waals surface area (Å²) in [6, 6.07) is 6.19. The molecule has 0 aliphatic heterocycles. The third-order valence-electron chi connectivity index (χ3n) is 2.39. The summed E-state index contributed by atoms with van der Waals surface area (Å²) in [7, 11) is 1.94. The Hall–Kier alpha value is -0.990. The average Bonchev–Trinajstić information content (AvgIpc) is 2.45. The second kappa shape index (κ2) is 3.64. The molecule has 1 aromatic carbocycles. The van der Waals surface area contributed by atoms with E-state index in [0.717, 1.165) is 28.2 Å². The van der Waals surface area contributed by atoms with Gasteiger partial charge in [0.15, 0.2) is 0 Å². The lowest BCUT2D eigenvalue weighted by Crippen LogP contribution is -2.05. The highest BCUT2D eigenvalue weighted by atomic mass is 35.5. The maximum absolute atomic E-state index is 6.22. The molecule has 2 nitrogen and oxygen atoms in total. The number of hydrogen-bond acceptors (Lipinski definition) is 1. The first-order valence-electron chi connectivity index (χ1n) is 4.64. The Morgan fingerprint density at radius 1 is 1.43 bits per heavy atom. The molecule has 0 fully saturated rings. The van der Waals surface area contributed by atoms with Crippen LogP contribution in [-0.2, 0) is 6.54 Å². The summed E-state index contributed by atoms with van der Waals surface area (Å²) in [5.74, 6) is 0. The number of H-pyrrole nitrogens is 1. The predicted molar refractivity (Wildman–Crippen MR) is 60.8 cm³/mol. The van der Waals surface area contributed by atoms with Crippen LogP contribution in [0.5, 0.6) is 0 Å². The van der Waals surface area contributed by atoms with E-state index in [9.17, 15) is 0 Å². The van der Waals surface area contributed by atoms with Gasteiger partial charge in [0.05, 0.1) is 5.02 Å². The van der Waals surface area contributed by atoms with E-state index in [0.29, 0.717) is 0 Å². The lowest BCUT2D eigenvalue weighted by molar-refractivity contribution is 0.824. The van der Waals surface area contributed by atoms with E-state index >= 15 is 0 Å². The molecule has 2 aromatic rings. The maximum atomic E-state index is 6.22. The van der Waals surface area contributed by atoms with Gasteiger partial charge in [-0.2, -0.15) is 0 Å². The van der Waals surface area contributed by atoms with E-state index in [2.05, 4.69) is 16.4 Å². The molecule has 3 heteroatoms. The molecule has 1 aromatic heterocycles. The molecule has 0 atom stereocenters. The normalized spacial score (nSPS) is 11.1. The average molecular weight is 209 g/mol. The van der Waals surface area contributed by atoms with Crippen molar-refractivity contribution in [3.8, 4) is 0 Å². The van der Waals surface area contributed by atoms with Crippen LogP contribution in [0.1, 0.15) is 11.3 Å². The van der Waals surface area contributed by atoms with Crippen LogP contribution in [0, 0.1) is 6.92 Å². The van der Waals surface area contributed by atoms with Gasteiger partial charge in [-0.15, -0.1) is 0 Å². The largest absolute Gasteiger partial charge is 0.357 e. The molecular formula is C11H13ClN2. The Bertz CT molecular complexity index is 460. The lowest BCUT2D eigenvalue weighted by Gasteiger charge is -2.02. The Morgan fingerprint density at radius 3 is 2.93 bits per heavy atom. The molecule has 14 heavy (non-hydrogen) atoms. The summed E-state index contributed by atoms with van der Waals surface area (Å²) in [4.78, 5) is 3.27. The highest BCUT2D eigenvalue weighted by molar-refractivity contribution is 6.36. The van der Waals surface area contributed by atoms with Gasteiger partial charge in [-0.3, -0.25) is 0 Å². The zero-order valence-electron chi connectivity index (χ0n) is 8.32. The number of nitrogens with one attached hydrogen (secondary N) is 2. The van der Waals surface area contributed by atoms with Crippen molar-refractivity contribution in [2.75, 3.05) is 7.05 Å². The minimum absolute atomic E-state index is 0.839. The van der Waals surface area contributed by atoms with Crippen LogP contribution in [0.2, 0.25) is 5.02 Å². The molecule has 0 aliphatic rings. The van der Waals surface area contributed by atoms with Crippen LogP contribution in [0.4, 0.5) is 0 Å². The molecule has 74 valence electrons. The Labute approximate surface area is 88.3 Å². The van der Waals surface area contributed by atoms with E-state index in [-0.39, 0.29) is 0 Å². The van der Waals surface area contributed by atoms with E-state index in [4.69, 9.17) is 11.6 Å². The number of hydrogen-bond donors (Lipinski definition) is 2. The summed E-state index contributed by atoms with van der Waals surface area (Å²) < 4.78 is 0. The highest BCUT2D eigenvalue weighted by Crippen LogP contribution is 2.29. The van der Waals surface area contributed by atoms with Gasteiger partial charge < -0.3 is 10.3 Å². The second-order valence-electron chi connectivity index (χ2n) is 3.43. The number of aromatic nitrogens is 1. The zero-order valence-corrected chi connectivity index (χ0v) is 9.07. The maximum Gasteiger partial charge on any atom is 0.0692 e. The minimum atomic E-state index is 0.839. The number of rotatable bonds is 2. The molecule has 1 heterocycles. The van der Waals surface area contributed by atoms with Crippen LogP contribution in [0.3, 0.4) is 0 Å². The van der Waals surface area contributed by atoms with Crippen LogP contribution in [0.25, 0.3) is 10.9 Å². The van der Waals surface area contributed by atoms with Gasteiger partial charge in [0.1, 0.15) is 0 Å². The summed E-state index contributed by atoms with van der Waals surface area (Å²) >= 11 is 6.22. The van der Waals surface area contributed by atoms with Crippen LogP contribution >= 0.6 is 11.6 Å². The standard InChI is InChI=1S/C11H13ClN2/c1-7-11(12)10-8(6-13-2)4-3-5-9(10)14-7/h3-5,13-14H,6H2,1-2H3. The number of benzene rings is 1. The lowest BCUT2D eigenvalue weighted by atomic mass is 10.1. The third-order valence-corrected chi connectivity index (χ3v) is 2.86. The smallest absolute Gasteiger partial charge is 0.0692 e.